The molecule has 6 heteroatoms. The fraction of sp³-hybridized carbons (Fsp3) is 0.0909. The Morgan fingerprint density at radius 3 is 1.75 bits per heavy atom. The van der Waals surface area contributed by atoms with Crippen molar-refractivity contribution in [3.63, 3.8) is 0 Å². The lowest BCUT2D eigenvalue weighted by atomic mass is 9.86. The van der Waals surface area contributed by atoms with Crippen molar-refractivity contribution in [2.45, 2.75) is 11.7 Å². The molecule has 0 fully saturated rings. The fourth-order valence-electron chi connectivity index (χ4n) is 2.95. The average Bonchev–Trinajstić information content (AvgIpc) is 2.72. The lowest BCUT2D eigenvalue weighted by molar-refractivity contribution is -0.181. The first-order valence-corrected chi connectivity index (χ1v) is 8.46. The van der Waals surface area contributed by atoms with Crippen molar-refractivity contribution >= 4 is 11.9 Å². The van der Waals surface area contributed by atoms with Gasteiger partial charge >= 0.3 is 11.9 Å². The van der Waals surface area contributed by atoms with Gasteiger partial charge in [-0.2, -0.15) is 0 Å². The summed E-state index contributed by atoms with van der Waals surface area (Å²) >= 11 is 0. The van der Waals surface area contributed by atoms with Crippen LogP contribution in [0.5, 0.6) is 0 Å². The van der Waals surface area contributed by atoms with E-state index in [1.807, 2.05) is 0 Å². The number of hydrogen-bond donors (Lipinski definition) is 2. The maximum absolute atomic E-state index is 14.0. The molecule has 0 spiro atoms. The molecule has 1 atom stereocenters. The predicted octanol–water partition coefficient (Wildman–Crippen LogP) is 3.43. The minimum absolute atomic E-state index is 0.183. The van der Waals surface area contributed by atoms with Crippen LogP contribution >= 0.6 is 0 Å². The number of benzene rings is 3. The van der Waals surface area contributed by atoms with Gasteiger partial charge in [0, 0.05) is 16.7 Å². The molecule has 28 heavy (non-hydrogen) atoms. The maximum atomic E-state index is 14.0. The van der Waals surface area contributed by atoms with Gasteiger partial charge in [0.25, 0.3) is 5.60 Å². The summed E-state index contributed by atoms with van der Waals surface area (Å²) in [5.41, 5.74) is -2.13. The number of hydrogen-bond acceptors (Lipinski definition) is 4. The molecule has 142 valence electrons. The zero-order valence-electron chi connectivity index (χ0n) is 14.7. The van der Waals surface area contributed by atoms with Gasteiger partial charge in [-0.05, 0) is 6.07 Å². The Morgan fingerprint density at radius 2 is 1.29 bits per heavy atom. The Kier molecular flexibility index (Phi) is 5.52. The molecule has 2 N–H and O–H groups in total. The first-order chi connectivity index (χ1) is 13.5. The molecule has 0 aliphatic rings. The summed E-state index contributed by atoms with van der Waals surface area (Å²) in [6, 6.07) is 21.0. The highest BCUT2D eigenvalue weighted by Gasteiger charge is 2.47. The van der Waals surface area contributed by atoms with Crippen LogP contribution in [0.2, 0.25) is 0 Å². The molecular weight excluding hydrogens is 363 g/mol. The van der Waals surface area contributed by atoms with E-state index in [0.29, 0.717) is 0 Å². The van der Waals surface area contributed by atoms with Gasteiger partial charge in [-0.3, -0.25) is 0 Å². The maximum Gasteiger partial charge on any atom is 0.357 e. The largest absolute Gasteiger partial charge is 0.478 e. The molecule has 3 rings (SSSR count). The first kappa shape index (κ1) is 19.3. The quantitative estimate of drug-likeness (QED) is 0.640. The monoisotopic (exact) mass is 380 g/mol. The van der Waals surface area contributed by atoms with Crippen molar-refractivity contribution in [1.82, 2.24) is 0 Å². The van der Waals surface area contributed by atoms with Crippen LogP contribution < -0.4 is 0 Å². The van der Waals surface area contributed by atoms with Crippen LogP contribution in [-0.4, -0.2) is 22.2 Å². The number of carboxylic acids is 1. The second-order valence-corrected chi connectivity index (χ2v) is 6.06. The van der Waals surface area contributed by atoms with Crippen LogP contribution in [0.15, 0.2) is 84.9 Å². The molecule has 0 aromatic heterocycles. The Balaban J connectivity index is 2.09. The van der Waals surface area contributed by atoms with Crippen molar-refractivity contribution < 1.29 is 28.9 Å². The second-order valence-electron chi connectivity index (χ2n) is 6.06. The lowest BCUT2D eigenvalue weighted by Gasteiger charge is -2.31. The molecule has 3 aromatic rings. The zero-order valence-corrected chi connectivity index (χ0v) is 14.7. The number of carboxylic acid groups (broad SMARTS) is 1. The summed E-state index contributed by atoms with van der Waals surface area (Å²) < 4.78 is 19.3. The first-order valence-electron chi connectivity index (χ1n) is 8.46. The molecule has 0 saturated heterocycles. The molecule has 0 aliphatic carbocycles. The minimum Gasteiger partial charge on any atom is -0.478 e. The molecule has 1 unspecified atom stereocenters. The van der Waals surface area contributed by atoms with Gasteiger partial charge in [-0.1, -0.05) is 78.9 Å². The van der Waals surface area contributed by atoms with E-state index in [9.17, 15) is 24.2 Å². The van der Waals surface area contributed by atoms with Crippen LogP contribution in [0.3, 0.4) is 0 Å². The van der Waals surface area contributed by atoms with Gasteiger partial charge in [-0.25, -0.2) is 14.0 Å². The number of esters is 1. The Morgan fingerprint density at radius 1 is 0.821 bits per heavy atom. The average molecular weight is 380 g/mol. The summed E-state index contributed by atoms with van der Waals surface area (Å²) in [5.74, 6) is -3.52. The van der Waals surface area contributed by atoms with E-state index in [2.05, 4.69) is 0 Å². The van der Waals surface area contributed by atoms with Crippen LogP contribution in [-0.2, 0) is 19.9 Å². The highest BCUT2D eigenvalue weighted by atomic mass is 19.1. The molecular formula is C22H17FO5. The molecule has 0 heterocycles. The van der Waals surface area contributed by atoms with Crippen molar-refractivity contribution in [2.24, 2.45) is 0 Å². The van der Waals surface area contributed by atoms with E-state index < -0.39 is 29.5 Å². The van der Waals surface area contributed by atoms with Crippen molar-refractivity contribution in [1.29, 1.82) is 0 Å². The van der Waals surface area contributed by atoms with Gasteiger partial charge in [0.1, 0.15) is 5.82 Å². The summed E-state index contributed by atoms with van der Waals surface area (Å²) in [5, 5.41) is 20.4. The lowest BCUT2D eigenvalue weighted by Crippen LogP contribution is -2.43. The molecule has 0 bridgehead atoms. The zero-order chi connectivity index (χ0) is 20.1. The van der Waals surface area contributed by atoms with Gasteiger partial charge in [0.15, 0.2) is 6.10 Å². The van der Waals surface area contributed by atoms with E-state index in [1.54, 1.807) is 36.4 Å². The Labute approximate surface area is 160 Å². The summed E-state index contributed by atoms with van der Waals surface area (Å²) in [6.45, 7) is 0. The van der Waals surface area contributed by atoms with Gasteiger partial charge in [0.2, 0.25) is 0 Å². The van der Waals surface area contributed by atoms with Crippen LogP contribution in [0.25, 0.3) is 0 Å². The van der Waals surface area contributed by atoms with Crippen LogP contribution in [0.4, 0.5) is 4.39 Å². The number of ether oxygens (including phenoxy) is 1. The molecule has 0 saturated carbocycles. The number of aliphatic hydroxyl groups excluding tert-OH is 1. The van der Waals surface area contributed by atoms with E-state index in [-0.39, 0.29) is 16.7 Å². The van der Waals surface area contributed by atoms with Crippen molar-refractivity contribution in [2.75, 3.05) is 0 Å². The van der Waals surface area contributed by atoms with Crippen LogP contribution in [0, 0.1) is 5.82 Å². The van der Waals surface area contributed by atoms with Crippen molar-refractivity contribution in [3.05, 3.63) is 107 Å². The van der Waals surface area contributed by atoms with Crippen LogP contribution in [0.1, 0.15) is 22.8 Å². The summed E-state index contributed by atoms with van der Waals surface area (Å²) in [7, 11) is 0. The predicted molar refractivity (Wildman–Crippen MR) is 98.8 cm³/mol. The third-order valence-corrected chi connectivity index (χ3v) is 4.34. The molecule has 0 amide bonds. The summed E-state index contributed by atoms with van der Waals surface area (Å²) in [4.78, 5) is 25.0. The number of rotatable bonds is 6. The topological polar surface area (TPSA) is 83.8 Å². The number of carbonyl (C=O) groups is 2. The second kappa shape index (κ2) is 8.02. The molecule has 5 nitrogen and oxygen atoms in total. The normalized spacial score (nSPS) is 12.2. The van der Waals surface area contributed by atoms with E-state index in [0.717, 1.165) is 6.07 Å². The fourth-order valence-corrected chi connectivity index (χ4v) is 2.95. The van der Waals surface area contributed by atoms with Gasteiger partial charge in [-0.15, -0.1) is 0 Å². The standard InChI is InChI=1S/C22H17FO5/c23-18-14-8-7-13-17(18)19(24)20(25)28-22(21(26)27,15-9-3-1-4-10-15)16-11-5-2-6-12-16/h1-14,19,24H,(H,26,27). The van der Waals surface area contributed by atoms with Gasteiger partial charge < -0.3 is 14.9 Å². The Hall–Kier alpha value is -3.51. The minimum atomic E-state index is -2.20. The van der Waals surface area contributed by atoms with Gasteiger partial charge in [0.05, 0.1) is 0 Å². The number of halogens is 1. The number of aliphatic carboxylic acids is 1. The number of carbonyl (C=O) groups excluding carboxylic acids is 1. The van der Waals surface area contributed by atoms with E-state index in [4.69, 9.17) is 4.74 Å². The third-order valence-electron chi connectivity index (χ3n) is 4.34. The molecule has 3 aromatic carbocycles. The van der Waals surface area contributed by atoms with E-state index in [1.165, 1.54) is 42.5 Å². The van der Waals surface area contributed by atoms with E-state index >= 15 is 0 Å². The van der Waals surface area contributed by atoms with Crippen molar-refractivity contribution in [3.8, 4) is 0 Å². The highest BCUT2D eigenvalue weighted by Crippen LogP contribution is 2.36. The smallest absolute Gasteiger partial charge is 0.357 e. The molecule has 0 aliphatic heterocycles. The number of aliphatic hydroxyl groups is 1. The summed E-state index contributed by atoms with van der Waals surface area (Å²) in [6.07, 6.45) is -1.98. The molecule has 0 radical (unpaired) electrons. The highest BCUT2D eigenvalue weighted by molar-refractivity contribution is 5.88. The SMILES string of the molecule is O=C(OC(C(=O)O)(c1ccccc1)c1ccccc1)C(O)c1ccccc1F. The third kappa shape index (κ3) is 3.50. The Bertz CT molecular complexity index is 933.